The van der Waals surface area contributed by atoms with E-state index < -0.39 is 28.6 Å². The molecule has 6 aromatic rings. The van der Waals surface area contributed by atoms with Gasteiger partial charge < -0.3 is 14.1 Å². The standard InChI is InChI=1S/C34H22FN3O5S/c1-18-7-14-26-22(15-18)29(39)28-30(43-26)31(40)38(33-36-24-13-12-21(42-2)16-27(24)44-33)34(28)23-5-3-4-6-25(23)37(32(34)41)17-19-8-10-20(35)11-9-19/h3-16H,17H2,1-2H3. The molecular weight excluding hydrogens is 581 g/mol. The minimum Gasteiger partial charge on any atom is -0.497 e. The fraction of sp³-hybridized carbons (Fsp3) is 0.118. The average molecular weight is 604 g/mol. The predicted octanol–water partition coefficient (Wildman–Crippen LogP) is 6.31. The summed E-state index contributed by atoms with van der Waals surface area (Å²) in [6.45, 7) is 1.94. The fourth-order valence-electron chi connectivity index (χ4n) is 6.32. The molecule has 0 aliphatic carbocycles. The van der Waals surface area contributed by atoms with Gasteiger partial charge in [0, 0.05) is 5.56 Å². The quantitative estimate of drug-likeness (QED) is 0.235. The molecule has 0 N–H and O–H groups in total. The Labute approximate surface area is 253 Å². The Morgan fingerprint density at radius 1 is 0.977 bits per heavy atom. The summed E-state index contributed by atoms with van der Waals surface area (Å²) in [6, 6.07) is 23.5. The Morgan fingerprint density at radius 3 is 2.57 bits per heavy atom. The summed E-state index contributed by atoms with van der Waals surface area (Å²) in [4.78, 5) is 51.7. The van der Waals surface area contributed by atoms with Crippen LogP contribution in [0.3, 0.4) is 0 Å². The maximum atomic E-state index is 15.1. The number of rotatable bonds is 4. The normalized spacial score (nSPS) is 17.2. The Kier molecular flexibility index (Phi) is 5.57. The second-order valence-corrected chi connectivity index (χ2v) is 11.9. The number of ether oxygens (including phenoxy) is 1. The molecule has 10 heteroatoms. The molecule has 1 spiro atoms. The highest BCUT2D eigenvalue weighted by Gasteiger charge is 2.66. The van der Waals surface area contributed by atoms with Crippen LogP contribution in [0.5, 0.6) is 5.75 Å². The lowest BCUT2D eigenvalue weighted by Crippen LogP contribution is -2.53. The van der Waals surface area contributed by atoms with Crippen molar-refractivity contribution >= 4 is 55.2 Å². The van der Waals surface area contributed by atoms with Crippen LogP contribution in [0.25, 0.3) is 21.2 Å². The molecule has 2 aliphatic heterocycles. The molecule has 2 amide bonds. The number of methoxy groups -OCH3 is 1. The number of para-hydroxylation sites is 1. The number of carbonyl (C=O) groups is 2. The Balaban J connectivity index is 1.44. The van der Waals surface area contributed by atoms with Crippen LogP contribution >= 0.6 is 11.3 Å². The molecule has 8 nitrogen and oxygen atoms in total. The van der Waals surface area contributed by atoms with E-state index in [1.807, 2.05) is 13.0 Å². The summed E-state index contributed by atoms with van der Waals surface area (Å²) >= 11 is 1.21. The molecule has 8 rings (SSSR count). The zero-order chi connectivity index (χ0) is 30.3. The van der Waals surface area contributed by atoms with E-state index in [0.717, 1.165) is 10.3 Å². The average Bonchev–Trinajstić information content (AvgIpc) is 3.64. The van der Waals surface area contributed by atoms with Crippen LogP contribution in [0.4, 0.5) is 15.2 Å². The van der Waals surface area contributed by atoms with Gasteiger partial charge in [0.2, 0.25) is 5.76 Å². The van der Waals surface area contributed by atoms with Gasteiger partial charge in [-0.05, 0) is 61.0 Å². The van der Waals surface area contributed by atoms with Crippen LogP contribution in [-0.4, -0.2) is 23.9 Å². The number of benzene rings is 4. The number of aromatic nitrogens is 1. The number of anilines is 2. The molecular formula is C34H22FN3O5S. The highest BCUT2D eigenvalue weighted by molar-refractivity contribution is 7.22. The molecule has 1 unspecified atom stereocenters. The van der Waals surface area contributed by atoms with E-state index in [-0.39, 0.29) is 34.0 Å². The van der Waals surface area contributed by atoms with Crippen molar-refractivity contribution in [3.63, 3.8) is 0 Å². The van der Waals surface area contributed by atoms with Crippen molar-refractivity contribution in [3.05, 3.63) is 129 Å². The Morgan fingerprint density at radius 2 is 1.77 bits per heavy atom. The topological polar surface area (TPSA) is 93.0 Å². The zero-order valence-electron chi connectivity index (χ0n) is 23.5. The highest BCUT2D eigenvalue weighted by atomic mass is 32.1. The molecule has 4 heterocycles. The van der Waals surface area contributed by atoms with Gasteiger partial charge in [-0.25, -0.2) is 9.37 Å². The van der Waals surface area contributed by atoms with Crippen LogP contribution in [0.15, 0.2) is 94.1 Å². The smallest absolute Gasteiger partial charge is 0.297 e. The molecule has 0 saturated heterocycles. The number of hydrogen-bond acceptors (Lipinski definition) is 7. The molecule has 0 bridgehead atoms. The molecule has 216 valence electrons. The number of fused-ring (bicyclic) bond motifs is 6. The zero-order valence-corrected chi connectivity index (χ0v) is 24.3. The summed E-state index contributed by atoms with van der Waals surface area (Å²) in [7, 11) is 1.56. The number of amides is 2. The van der Waals surface area contributed by atoms with Crippen molar-refractivity contribution in [2.75, 3.05) is 16.9 Å². The highest BCUT2D eigenvalue weighted by Crippen LogP contribution is 2.55. The summed E-state index contributed by atoms with van der Waals surface area (Å²) in [6.07, 6.45) is 0. The van der Waals surface area contributed by atoms with Crippen LogP contribution < -0.4 is 20.0 Å². The molecule has 44 heavy (non-hydrogen) atoms. The van der Waals surface area contributed by atoms with Crippen molar-refractivity contribution in [3.8, 4) is 5.75 Å². The van der Waals surface area contributed by atoms with Gasteiger partial charge >= 0.3 is 0 Å². The second-order valence-electron chi connectivity index (χ2n) is 10.9. The molecule has 2 aromatic heterocycles. The lowest BCUT2D eigenvalue weighted by molar-refractivity contribution is -0.121. The van der Waals surface area contributed by atoms with Gasteiger partial charge in [-0.15, -0.1) is 0 Å². The van der Waals surface area contributed by atoms with Gasteiger partial charge in [-0.1, -0.05) is 53.3 Å². The maximum absolute atomic E-state index is 15.1. The minimum atomic E-state index is -1.89. The summed E-state index contributed by atoms with van der Waals surface area (Å²) in [5.74, 6) is -1.13. The summed E-state index contributed by atoms with van der Waals surface area (Å²) < 4.78 is 26.1. The monoisotopic (exact) mass is 603 g/mol. The predicted molar refractivity (Wildman–Crippen MR) is 165 cm³/mol. The number of carbonyl (C=O) groups excluding carboxylic acids is 2. The van der Waals surface area contributed by atoms with Gasteiger partial charge in [0.15, 0.2) is 16.1 Å². The number of hydrogen-bond donors (Lipinski definition) is 0. The van der Waals surface area contributed by atoms with E-state index in [4.69, 9.17) is 14.1 Å². The molecule has 1 atom stereocenters. The van der Waals surface area contributed by atoms with Crippen LogP contribution in [0.2, 0.25) is 0 Å². The van der Waals surface area contributed by atoms with E-state index in [0.29, 0.717) is 28.1 Å². The van der Waals surface area contributed by atoms with Gasteiger partial charge in [0.05, 0.1) is 40.5 Å². The van der Waals surface area contributed by atoms with Crippen molar-refractivity contribution in [1.29, 1.82) is 0 Å². The maximum Gasteiger partial charge on any atom is 0.297 e. The first-order valence-electron chi connectivity index (χ1n) is 13.8. The third kappa shape index (κ3) is 3.48. The van der Waals surface area contributed by atoms with Crippen LogP contribution in [-0.2, 0) is 16.9 Å². The SMILES string of the molecule is COc1ccc2nc(N3C(=O)c4oc5ccc(C)cc5c(=O)c4C34C(=O)N(Cc3ccc(F)cc3)c3ccccc34)sc2c1. The van der Waals surface area contributed by atoms with E-state index in [1.54, 1.807) is 73.8 Å². The lowest BCUT2D eigenvalue weighted by Gasteiger charge is -2.32. The fourth-order valence-corrected chi connectivity index (χ4v) is 7.37. The molecule has 0 radical (unpaired) electrons. The second kappa shape index (κ2) is 9.32. The first-order chi connectivity index (χ1) is 21.3. The van der Waals surface area contributed by atoms with E-state index in [9.17, 15) is 14.0 Å². The number of halogens is 1. The van der Waals surface area contributed by atoms with E-state index >= 15 is 4.79 Å². The molecule has 4 aromatic carbocycles. The van der Waals surface area contributed by atoms with Crippen molar-refractivity contribution in [1.82, 2.24) is 4.98 Å². The Hall–Kier alpha value is -5.35. The van der Waals surface area contributed by atoms with Gasteiger partial charge in [0.1, 0.15) is 17.1 Å². The van der Waals surface area contributed by atoms with Crippen LogP contribution in [0.1, 0.15) is 32.8 Å². The van der Waals surface area contributed by atoms with Crippen molar-refractivity contribution < 1.29 is 23.1 Å². The summed E-state index contributed by atoms with van der Waals surface area (Å²) in [5, 5.41) is 0.505. The number of aryl methyl sites for hydroxylation is 1. The summed E-state index contributed by atoms with van der Waals surface area (Å²) in [5.41, 5.74) is 0.945. The number of thiazole rings is 1. The van der Waals surface area contributed by atoms with E-state index in [2.05, 4.69) is 0 Å². The molecule has 2 aliphatic rings. The lowest BCUT2D eigenvalue weighted by atomic mass is 9.84. The third-order valence-electron chi connectivity index (χ3n) is 8.31. The van der Waals surface area contributed by atoms with Crippen molar-refractivity contribution in [2.24, 2.45) is 0 Å². The Bertz CT molecular complexity index is 2260. The van der Waals surface area contributed by atoms with E-state index in [1.165, 1.54) is 33.3 Å². The van der Waals surface area contributed by atoms with Crippen molar-refractivity contribution in [2.45, 2.75) is 19.0 Å². The first kappa shape index (κ1) is 26.3. The number of nitrogens with zero attached hydrogens (tertiary/aromatic N) is 3. The molecule has 0 fully saturated rings. The van der Waals surface area contributed by atoms with Gasteiger partial charge in [-0.2, -0.15) is 0 Å². The van der Waals surface area contributed by atoms with Gasteiger partial charge in [0.25, 0.3) is 11.8 Å². The minimum absolute atomic E-state index is 0.0449. The first-order valence-corrected chi connectivity index (χ1v) is 14.7. The van der Waals surface area contributed by atoms with Crippen LogP contribution in [0, 0.1) is 12.7 Å². The van der Waals surface area contributed by atoms with Gasteiger partial charge in [-0.3, -0.25) is 19.3 Å². The third-order valence-corrected chi connectivity index (χ3v) is 9.31. The molecule has 0 saturated carbocycles. The largest absolute Gasteiger partial charge is 0.497 e.